The molecule has 0 atom stereocenters. The second-order valence-electron chi connectivity index (χ2n) is 10.4. The zero-order valence-corrected chi connectivity index (χ0v) is 17.7. The highest BCUT2D eigenvalue weighted by Crippen LogP contribution is 2.70. The van der Waals surface area contributed by atoms with Gasteiger partial charge < -0.3 is 5.32 Å². The highest BCUT2D eigenvalue weighted by atomic mass is 14.9. The Balaban J connectivity index is 1.47. The lowest BCUT2D eigenvalue weighted by Gasteiger charge is -2.61. The average molecular weight is 392 g/mol. The van der Waals surface area contributed by atoms with Gasteiger partial charge in [0, 0.05) is 16.8 Å². The standard InChI is InChI=1S/C29H29N/c1-18-6-4-7-23(12-18)30-27-11-5-9-25-24-8-2-3-10-26(24)29(28(25)27)21-14-19-13-20(16-21)17-22(29)15-19/h2-12,19-22,30H,13-17H2,1H3. The van der Waals surface area contributed by atoms with Crippen molar-refractivity contribution in [3.63, 3.8) is 0 Å². The van der Waals surface area contributed by atoms with Crippen molar-refractivity contribution >= 4 is 11.4 Å². The van der Waals surface area contributed by atoms with Crippen molar-refractivity contribution in [2.45, 2.75) is 44.4 Å². The molecule has 0 unspecified atom stereocenters. The quantitative estimate of drug-likeness (QED) is 0.478. The zero-order chi connectivity index (χ0) is 19.9. The van der Waals surface area contributed by atoms with E-state index in [0.717, 1.165) is 23.7 Å². The van der Waals surface area contributed by atoms with Crippen LogP contribution in [0.25, 0.3) is 11.1 Å². The Bertz CT molecular complexity index is 1130. The molecule has 0 heterocycles. The molecule has 0 aromatic heterocycles. The van der Waals surface area contributed by atoms with Crippen LogP contribution in [0, 0.1) is 30.6 Å². The summed E-state index contributed by atoms with van der Waals surface area (Å²) in [4.78, 5) is 0. The van der Waals surface area contributed by atoms with E-state index in [-0.39, 0.29) is 5.41 Å². The van der Waals surface area contributed by atoms with E-state index in [0.29, 0.717) is 0 Å². The molecular weight excluding hydrogens is 362 g/mol. The number of hydrogen-bond acceptors (Lipinski definition) is 1. The minimum absolute atomic E-state index is 0.215. The molecule has 8 rings (SSSR count). The van der Waals surface area contributed by atoms with Crippen LogP contribution >= 0.6 is 0 Å². The Morgan fingerprint density at radius 1 is 0.733 bits per heavy atom. The van der Waals surface area contributed by atoms with Crippen molar-refractivity contribution in [3.05, 3.63) is 83.4 Å². The summed E-state index contributed by atoms with van der Waals surface area (Å²) in [5.74, 6) is 3.56. The highest BCUT2D eigenvalue weighted by Gasteiger charge is 2.62. The van der Waals surface area contributed by atoms with E-state index < -0.39 is 0 Å². The minimum atomic E-state index is 0.215. The number of fused-ring (bicyclic) bond motifs is 3. The van der Waals surface area contributed by atoms with Crippen LogP contribution in [-0.4, -0.2) is 0 Å². The van der Waals surface area contributed by atoms with Gasteiger partial charge in [0.2, 0.25) is 0 Å². The summed E-state index contributed by atoms with van der Waals surface area (Å²) >= 11 is 0. The van der Waals surface area contributed by atoms with Gasteiger partial charge in [-0.15, -0.1) is 0 Å². The number of benzene rings is 3. The average Bonchev–Trinajstić information content (AvgIpc) is 3.04. The third kappa shape index (κ3) is 2.14. The van der Waals surface area contributed by atoms with Gasteiger partial charge in [-0.05, 0) is 109 Å². The lowest BCUT2D eigenvalue weighted by Crippen LogP contribution is -2.55. The van der Waals surface area contributed by atoms with Gasteiger partial charge in [-0.2, -0.15) is 0 Å². The summed E-state index contributed by atoms with van der Waals surface area (Å²) in [5, 5.41) is 3.86. The van der Waals surface area contributed by atoms with E-state index in [4.69, 9.17) is 0 Å². The molecule has 1 heteroatoms. The summed E-state index contributed by atoms with van der Waals surface area (Å²) in [6.45, 7) is 2.18. The summed E-state index contributed by atoms with van der Waals surface area (Å²) in [6, 6.07) is 25.1. The third-order valence-electron chi connectivity index (χ3n) is 8.86. The molecule has 0 amide bonds. The Hall–Kier alpha value is -2.54. The summed E-state index contributed by atoms with van der Waals surface area (Å²) in [7, 11) is 0. The van der Waals surface area contributed by atoms with Crippen LogP contribution in [0.3, 0.4) is 0 Å². The molecule has 4 fully saturated rings. The van der Waals surface area contributed by atoms with Gasteiger partial charge in [0.1, 0.15) is 0 Å². The predicted molar refractivity (Wildman–Crippen MR) is 124 cm³/mol. The first-order chi connectivity index (χ1) is 14.7. The molecule has 0 saturated heterocycles. The van der Waals surface area contributed by atoms with Crippen LogP contribution in [-0.2, 0) is 5.41 Å². The molecule has 0 aliphatic heterocycles. The molecular formula is C29H29N. The van der Waals surface area contributed by atoms with Crippen LogP contribution in [0.15, 0.2) is 66.7 Å². The van der Waals surface area contributed by atoms with Crippen molar-refractivity contribution in [2.75, 3.05) is 5.32 Å². The van der Waals surface area contributed by atoms with Crippen LogP contribution in [0.4, 0.5) is 11.4 Å². The molecule has 0 radical (unpaired) electrons. The normalized spacial score (nSPS) is 32.3. The monoisotopic (exact) mass is 391 g/mol. The van der Waals surface area contributed by atoms with Crippen molar-refractivity contribution in [3.8, 4) is 11.1 Å². The van der Waals surface area contributed by atoms with Crippen LogP contribution in [0.2, 0.25) is 0 Å². The fraction of sp³-hybridized carbons (Fsp3) is 0.379. The van der Waals surface area contributed by atoms with Crippen molar-refractivity contribution < 1.29 is 0 Å². The molecule has 5 aliphatic rings. The number of hydrogen-bond donors (Lipinski definition) is 1. The third-order valence-corrected chi connectivity index (χ3v) is 8.86. The molecule has 3 aromatic carbocycles. The largest absolute Gasteiger partial charge is 0.355 e. The molecule has 1 N–H and O–H groups in total. The molecule has 4 bridgehead atoms. The van der Waals surface area contributed by atoms with Crippen LogP contribution in [0.5, 0.6) is 0 Å². The van der Waals surface area contributed by atoms with Gasteiger partial charge in [-0.25, -0.2) is 0 Å². The Kier molecular flexibility index (Phi) is 3.44. The van der Waals surface area contributed by atoms with E-state index in [2.05, 4.69) is 79.0 Å². The molecule has 3 aromatic rings. The number of rotatable bonds is 2. The van der Waals surface area contributed by atoms with Crippen LogP contribution in [0.1, 0.15) is 48.8 Å². The Labute approximate surface area is 179 Å². The fourth-order valence-corrected chi connectivity index (χ4v) is 8.19. The first kappa shape index (κ1) is 17.2. The predicted octanol–water partition coefficient (Wildman–Crippen LogP) is 7.46. The first-order valence-electron chi connectivity index (χ1n) is 11.8. The second-order valence-corrected chi connectivity index (χ2v) is 10.4. The lowest BCUT2D eigenvalue weighted by molar-refractivity contribution is -0.0396. The summed E-state index contributed by atoms with van der Waals surface area (Å²) in [5.41, 5.74) is 10.3. The fourth-order valence-electron chi connectivity index (χ4n) is 8.19. The molecule has 1 nitrogen and oxygen atoms in total. The zero-order valence-electron chi connectivity index (χ0n) is 17.7. The summed E-state index contributed by atoms with van der Waals surface area (Å²) in [6.07, 6.45) is 7.22. The molecule has 150 valence electrons. The first-order valence-corrected chi connectivity index (χ1v) is 11.8. The van der Waals surface area contributed by atoms with Crippen molar-refractivity contribution in [1.82, 2.24) is 0 Å². The van der Waals surface area contributed by atoms with Gasteiger partial charge in [-0.3, -0.25) is 0 Å². The van der Waals surface area contributed by atoms with Crippen LogP contribution < -0.4 is 5.32 Å². The van der Waals surface area contributed by atoms with E-state index in [1.165, 1.54) is 60.2 Å². The number of anilines is 2. The molecule has 4 saturated carbocycles. The van der Waals surface area contributed by atoms with Gasteiger partial charge >= 0.3 is 0 Å². The summed E-state index contributed by atoms with van der Waals surface area (Å²) < 4.78 is 0. The van der Waals surface area contributed by atoms with E-state index in [9.17, 15) is 0 Å². The minimum Gasteiger partial charge on any atom is -0.355 e. The second kappa shape index (κ2) is 6.00. The Morgan fingerprint density at radius 3 is 2.20 bits per heavy atom. The Morgan fingerprint density at radius 2 is 1.43 bits per heavy atom. The topological polar surface area (TPSA) is 12.0 Å². The molecule has 30 heavy (non-hydrogen) atoms. The SMILES string of the molecule is Cc1cccc(Nc2cccc3c2C2(c4ccccc4-3)C3CC4CC(C3)CC2C4)c1. The van der Waals surface area contributed by atoms with E-state index >= 15 is 0 Å². The van der Waals surface area contributed by atoms with Crippen molar-refractivity contribution in [1.29, 1.82) is 0 Å². The lowest BCUT2D eigenvalue weighted by atomic mass is 9.43. The number of aryl methyl sites for hydroxylation is 1. The van der Waals surface area contributed by atoms with Gasteiger partial charge in [0.05, 0.1) is 0 Å². The van der Waals surface area contributed by atoms with Gasteiger partial charge in [0.25, 0.3) is 0 Å². The van der Waals surface area contributed by atoms with Gasteiger partial charge in [-0.1, -0.05) is 48.5 Å². The molecule has 5 aliphatic carbocycles. The maximum absolute atomic E-state index is 3.86. The molecule has 1 spiro atoms. The maximum atomic E-state index is 3.86. The maximum Gasteiger partial charge on any atom is 0.0432 e. The number of nitrogens with one attached hydrogen (secondary N) is 1. The van der Waals surface area contributed by atoms with Gasteiger partial charge in [0.15, 0.2) is 0 Å². The van der Waals surface area contributed by atoms with Crippen molar-refractivity contribution in [2.24, 2.45) is 23.7 Å². The highest BCUT2D eigenvalue weighted by molar-refractivity contribution is 5.88. The van der Waals surface area contributed by atoms with E-state index in [1.54, 1.807) is 11.1 Å². The van der Waals surface area contributed by atoms with E-state index in [1.807, 2.05) is 0 Å². The smallest absolute Gasteiger partial charge is 0.0432 e.